The lowest BCUT2D eigenvalue weighted by molar-refractivity contribution is -0.122. The van der Waals surface area contributed by atoms with Gasteiger partial charge in [0.1, 0.15) is 0 Å². The highest BCUT2D eigenvalue weighted by Gasteiger charge is 2.23. The molecule has 1 rings (SSSR count). The minimum atomic E-state index is -0.390. The summed E-state index contributed by atoms with van der Waals surface area (Å²) in [5.41, 5.74) is 5.62. The molecule has 1 atom stereocenters. The van der Waals surface area contributed by atoms with Crippen molar-refractivity contribution in [1.29, 1.82) is 0 Å². The van der Waals surface area contributed by atoms with Crippen LogP contribution in [0.15, 0.2) is 17.5 Å². The lowest BCUT2D eigenvalue weighted by atomic mass is 9.91. The molecule has 16 heavy (non-hydrogen) atoms. The quantitative estimate of drug-likeness (QED) is 0.825. The third-order valence-corrected chi connectivity index (χ3v) is 3.91. The van der Waals surface area contributed by atoms with Crippen LogP contribution in [0, 0.1) is 0 Å². The van der Waals surface area contributed by atoms with Crippen molar-refractivity contribution in [2.75, 3.05) is 6.54 Å². The average Bonchev–Trinajstić information content (AvgIpc) is 2.78. The van der Waals surface area contributed by atoms with Crippen LogP contribution in [-0.4, -0.2) is 18.5 Å². The normalized spacial score (nSPS) is 13.5. The van der Waals surface area contributed by atoms with E-state index in [2.05, 4.69) is 30.6 Å². The van der Waals surface area contributed by atoms with Crippen molar-refractivity contribution >= 4 is 17.2 Å². The third kappa shape index (κ3) is 3.32. The number of rotatable bonds is 5. The third-order valence-electron chi connectivity index (χ3n) is 2.67. The van der Waals surface area contributed by atoms with E-state index in [1.807, 2.05) is 13.0 Å². The van der Waals surface area contributed by atoms with E-state index in [1.54, 1.807) is 11.3 Å². The number of amides is 1. The smallest absolute Gasteiger partial charge is 0.236 e. The Hall–Kier alpha value is -0.870. The molecule has 0 aliphatic rings. The summed E-state index contributed by atoms with van der Waals surface area (Å²) in [5.74, 6) is -0.0628. The Bertz CT molecular complexity index is 333. The molecule has 0 aliphatic carbocycles. The molecule has 0 radical (unpaired) electrons. The summed E-state index contributed by atoms with van der Waals surface area (Å²) in [6, 6.07) is 3.73. The van der Waals surface area contributed by atoms with Crippen molar-refractivity contribution in [1.82, 2.24) is 5.32 Å². The number of hydrogen-bond donors (Lipinski definition) is 2. The molecule has 0 spiro atoms. The van der Waals surface area contributed by atoms with Crippen LogP contribution in [-0.2, 0) is 10.2 Å². The molecule has 1 amide bonds. The Kier molecular flexibility index (Phi) is 4.50. The van der Waals surface area contributed by atoms with Gasteiger partial charge in [0.05, 0.1) is 6.04 Å². The first-order chi connectivity index (χ1) is 7.47. The maximum atomic E-state index is 11.6. The Morgan fingerprint density at radius 3 is 2.81 bits per heavy atom. The molecule has 0 bridgehead atoms. The van der Waals surface area contributed by atoms with Crippen LogP contribution >= 0.6 is 11.3 Å². The molecule has 0 fully saturated rings. The molecule has 90 valence electrons. The van der Waals surface area contributed by atoms with Gasteiger partial charge in [0.2, 0.25) is 5.91 Å². The van der Waals surface area contributed by atoms with Crippen molar-refractivity contribution in [3.8, 4) is 0 Å². The zero-order chi connectivity index (χ0) is 12.2. The van der Waals surface area contributed by atoms with Crippen LogP contribution in [0.2, 0.25) is 0 Å². The van der Waals surface area contributed by atoms with Gasteiger partial charge in [-0.2, -0.15) is 0 Å². The van der Waals surface area contributed by atoms with Crippen molar-refractivity contribution in [3.05, 3.63) is 22.4 Å². The van der Waals surface area contributed by atoms with Crippen molar-refractivity contribution < 1.29 is 4.79 Å². The van der Waals surface area contributed by atoms with Crippen LogP contribution in [0.1, 0.15) is 32.1 Å². The summed E-state index contributed by atoms with van der Waals surface area (Å²) in [6.07, 6.45) is 0.672. The summed E-state index contributed by atoms with van der Waals surface area (Å²) >= 11 is 1.71. The van der Waals surface area contributed by atoms with Crippen molar-refractivity contribution in [2.24, 2.45) is 5.73 Å². The highest BCUT2D eigenvalue weighted by atomic mass is 32.1. The van der Waals surface area contributed by atoms with Gasteiger partial charge in [-0.25, -0.2) is 0 Å². The summed E-state index contributed by atoms with van der Waals surface area (Å²) in [7, 11) is 0. The van der Waals surface area contributed by atoms with Gasteiger partial charge < -0.3 is 11.1 Å². The fraction of sp³-hybridized carbons (Fsp3) is 0.583. The molecule has 0 saturated heterocycles. The lowest BCUT2D eigenvalue weighted by Crippen LogP contribution is -2.44. The van der Waals surface area contributed by atoms with E-state index in [1.165, 1.54) is 4.88 Å². The van der Waals surface area contributed by atoms with Crippen LogP contribution in [0.5, 0.6) is 0 Å². The fourth-order valence-corrected chi connectivity index (χ4v) is 2.23. The van der Waals surface area contributed by atoms with Crippen LogP contribution in [0.4, 0.5) is 0 Å². The zero-order valence-corrected chi connectivity index (χ0v) is 10.9. The molecule has 1 aromatic heterocycles. The van der Waals surface area contributed by atoms with E-state index in [0.717, 1.165) is 0 Å². The molecule has 4 heteroatoms. The topological polar surface area (TPSA) is 55.1 Å². The number of nitrogens with two attached hydrogens (primary N) is 1. The molecule has 0 aromatic carbocycles. The second-order valence-electron chi connectivity index (χ2n) is 4.59. The number of nitrogens with one attached hydrogen (secondary N) is 1. The SMILES string of the molecule is CCC(N)C(=O)NCC(C)(C)c1cccs1. The molecular formula is C12H20N2OS. The first-order valence-corrected chi connectivity index (χ1v) is 6.42. The molecule has 1 unspecified atom stereocenters. The molecule has 3 nitrogen and oxygen atoms in total. The largest absolute Gasteiger partial charge is 0.354 e. The van der Waals surface area contributed by atoms with Crippen LogP contribution in [0.25, 0.3) is 0 Å². The second-order valence-corrected chi connectivity index (χ2v) is 5.54. The minimum Gasteiger partial charge on any atom is -0.354 e. The highest BCUT2D eigenvalue weighted by molar-refractivity contribution is 7.10. The fourth-order valence-electron chi connectivity index (χ4n) is 1.38. The summed E-state index contributed by atoms with van der Waals surface area (Å²) in [6.45, 7) is 6.78. The van der Waals surface area contributed by atoms with E-state index in [9.17, 15) is 4.79 Å². The monoisotopic (exact) mass is 240 g/mol. The van der Waals surface area contributed by atoms with E-state index in [-0.39, 0.29) is 17.4 Å². The Morgan fingerprint density at radius 1 is 1.62 bits per heavy atom. The number of thiophene rings is 1. The van der Waals surface area contributed by atoms with Crippen molar-refractivity contribution in [3.63, 3.8) is 0 Å². The molecule has 0 aliphatic heterocycles. The first-order valence-electron chi connectivity index (χ1n) is 5.54. The second kappa shape index (κ2) is 5.46. The summed E-state index contributed by atoms with van der Waals surface area (Å²) < 4.78 is 0. The van der Waals surface area contributed by atoms with Crippen molar-refractivity contribution in [2.45, 2.75) is 38.6 Å². The average molecular weight is 240 g/mol. The molecule has 0 saturated carbocycles. The van der Waals surface area contributed by atoms with E-state index < -0.39 is 0 Å². The molecule has 1 aromatic rings. The van der Waals surface area contributed by atoms with Gasteiger partial charge in [0.15, 0.2) is 0 Å². The summed E-state index contributed by atoms with van der Waals surface area (Å²) in [4.78, 5) is 12.8. The van der Waals surface area contributed by atoms with Gasteiger partial charge in [-0.05, 0) is 17.9 Å². The maximum Gasteiger partial charge on any atom is 0.236 e. The van der Waals surface area contributed by atoms with Gasteiger partial charge in [-0.3, -0.25) is 4.79 Å². The van der Waals surface area contributed by atoms with Gasteiger partial charge in [-0.15, -0.1) is 11.3 Å². The van der Waals surface area contributed by atoms with Gasteiger partial charge >= 0.3 is 0 Å². The van der Waals surface area contributed by atoms with Crippen LogP contribution < -0.4 is 11.1 Å². The Balaban J connectivity index is 2.52. The standard InChI is InChI=1S/C12H20N2OS/c1-4-9(13)11(15)14-8-12(2,3)10-6-5-7-16-10/h5-7,9H,4,8,13H2,1-3H3,(H,14,15). The predicted molar refractivity (Wildman–Crippen MR) is 68.6 cm³/mol. The Morgan fingerprint density at radius 2 is 2.31 bits per heavy atom. The predicted octanol–water partition coefficient (Wildman–Crippen LogP) is 1.88. The van der Waals surface area contributed by atoms with E-state index in [0.29, 0.717) is 13.0 Å². The van der Waals surface area contributed by atoms with Gasteiger partial charge in [0.25, 0.3) is 0 Å². The van der Waals surface area contributed by atoms with E-state index >= 15 is 0 Å². The van der Waals surface area contributed by atoms with Gasteiger partial charge in [-0.1, -0.05) is 26.8 Å². The molecule has 3 N–H and O–H groups in total. The van der Waals surface area contributed by atoms with Crippen LogP contribution in [0.3, 0.4) is 0 Å². The molecular weight excluding hydrogens is 220 g/mol. The number of carbonyl (C=O) groups excluding carboxylic acids is 1. The lowest BCUT2D eigenvalue weighted by Gasteiger charge is -2.24. The maximum absolute atomic E-state index is 11.6. The zero-order valence-electron chi connectivity index (χ0n) is 10.1. The first kappa shape index (κ1) is 13.2. The van der Waals surface area contributed by atoms with E-state index in [4.69, 9.17) is 5.73 Å². The Labute approximate surface area is 101 Å². The number of hydrogen-bond acceptors (Lipinski definition) is 3. The molecule has 1 heterocycles. The highest BCUT2D eigenvalue weighted by Crippen LogP contribution is 2.26. The minimum absolute atomic E-state index is 0.0305. The summed E-state index contributed by atoms with van der Waals surface area (Å²) in [5, 5.41) is 4.96. The van der Waals surface area contributed by atoms with Gasteiger partial charge in [0, 0.05) is 16.8 Å². The number of carbonyl (C=O) groups is 1.